The van der Waals surface area contributed by atoms with Gasteiger partial charge in [-0.15, -0.1) is 0 Å². The molecular weight excluding hydrogens is 244 g/mol. The van der Waals surface area contributed by atoms with Gasteiger partial charge in [-0.25, -0.2) is 0 Å². The zero-order valence-electron chi connectivity index (χ0n) is 14.4. The Labute approximate surface area is 125 Å². The van der Waals surface area contributed by atoms with Gasteiger partial charge in [0.25, 0.3) is 0 Å². The molecule has 0 fully saturated rings. The molecule has 0 saturated heterocycles. The lowest BCUT2D eigenvalue weighted by Crippen LogP contribution is -2.35. The Morgan fingerprint density at radius 3 is 2.30 bits per heavy atom. The summed E-state index contributed by atoms with van der Waals surface area (Å²) in [5, 5.41) is 3.55. The first-order valence-electron chi connectivity index (χ1n) is 7.82. The maximum atomic E-state index is 3.55. The van der Waals surface area contributed by atoms with E-state index in [9.17, 15) is 0 Å². The first-order valence-corrected chi connectivity index (χ1v) is 7.82. The molecule has 0 atom stereocenters. The molecule has 0 saturated carbocycles. The molecule has 0 spiro atoms. The van der Waals surface area contributed by atoms with Gasteiger partial charge in [-0.1, -0.05) is 26.0 Å². The molecule has 1 aromatic rings. The van der Waals surface area contributed by atoms with Crippen molar-refractivity contribution in [3.63, 3.8) is 0 Å². The van der Waals surface area contributed by atoms with E-state index in [0.29, 0.717) is 5.92 Å². The molecule has 2 heteroatoms. The second kappa shape index (κ2) is 7.12. The summed E-state index contributed by atoms with van der Waals surface area (Å²) >= 11 is 0. The Morgan fingerprint density at radius 2 is 1.85 bits per heavy atom. The summed E-state index contributed by atoms with van der Waals surface area (Å²) in [4.78, 5) is 2.47. The van der Waals surface area contributed by atoms with Crippen LogP contribution in [0, 0.1) is 12.8 Å². The van der Waals surface area contributed by atoms with E-state index in [1.807, 2.05) is 0 Å². The van der Waals surface area contributed by atoms with Crippen LogP contribution in [0.1, 0.15) is 52.7 Å². The van der Waals surface area contributed by atoms with Gasteiger partial charge in [0.2, 0.25) is 0 Å². The molecule has 1 N–H and O–H groups in total. The number of aryl methyl sites for hydroxylation is 1. The Morgan fingerprint density at radius 1 is 1.20 bits per heavy atom. The van der Waals surface area contributed by atoms with Crippen LogP contribution in [0.4, 0.5) is 5.69 Å². The van der Waals surface area contributed by atoms with Gasteiger partial charge in [-0.2, -0.15) is 0 Å². The molecule has 0 bridgehead atoms. The topological polar surface area (TPSA) is 15.3 Å². The van der Waals surface area contributed by atoms with Crippen LogP contribution in [-0.2, 0) is 6.54 Å². The van der Waals surface area contributed by atoms with Crippen LogP contribution in [0.15, 0.2) is 18.2 Å². The molecule has 1 rings (SSSR count). The fraction of sp³-hybridized carbons (Fsp3) is 0.667. The third-order valence-electron chi connectivity index (χ3n) is 3.39. The number of benzene rings is 1. The second-order valence-electron chi connectivity index (χ2n) is 7.16. The van der Waals surface area contributed by atoms with Crippen LogP contribution < -0.4 is 10.2 Å². The van der Waals surface area contributed by atoms with Gasteiger partial charge in [0.05, 0.1) is 0 Å². The molecule has 0 amide bonds. The number of rotatable bonds is 6. The Balaban J connectivity index is 2.81. The average Bonchev–Trinajstić information content (AvgIpc) is 2.33. The first kappa shape index (κ1) is 17.0. The molecule has 0 aromatic heterocycles. The van der Waals surface area contributed by atoms with Crippen molar-refractivity contribution in [1.82, 2.24) is 5.32 Å². The summed E-state index contributed by atoms with van der Waals surface area (Å²) < 4.78 is 0. The monoisotopic (exact) mass is 276 g/mol. The van der Waals surface area contributed by atoms with E-state index < -0.39 is 0 Å². The highest BCUT2D eigenvalue weighted by atomic mass is 15.1. The highest BCUT2D eigenvalue weighted by Crippen LogP contribution is 2.22. The normalized spacial score (nSPS) is 12.0. The Bertz CT molecular complexity index is 416. The molecule has 0 unspecified atom stereocenters. The van der Waals surface area contributed by atoms with Crippen LogP contribution in [0.25, 0.3) is 0 Å². The van der Waals surface area contributed by atoms with Crippen molar-refractivity contribution in [3.05, 3.63) is 29.3 Å². The predicted octanol–water partition coefficient (Wildman–Crippen LogP) is 4.37. The van der Waals surface area contributed by atoms with E-state index >= 15 is 0 Å². The highest BCUT2D eigenvalue weighted by Gasteiger charge is 2.11. The summed E-state index contributed by atoms with van der Waals surface area (Å²) in [7, 11) is 0. The maximum absolute atomic E-state index is 3.55. The molecule has 0 aliphatic rings. The van der Waals surface area contributed by atoms with Crippen LogP contribution in [0.2, 0.25) is 0 Å². The fourth-order valence-electron chi connectivity index (χ4n) is 2.39. The third-order valence-corrected chi connectivity index (χ3v) is 3.39. The third kappa shape index (κ3) is 5.54. The smallest absolute Gasteiger partial charge is 0.0396 e. The van der Waals surface area contributed by atoms with Crippen molar-refractivity contribution < 1.29 is 0 Å². The van der Waals surface area contributed by atoms with Crippen LogP contribution >= 0.6 is 0 Å². The molecular formula is C18H32N2. The minimum absolute atomic E-state index is 0.166. The van der Waals surface area contributed by atoms with E-state index in [2.05, 4.69) is 76.9 Å². The molecule has 0 aliphatic carbocycles. The largest absolute Gasteiger partial charge is 0.371 e. The number of anilines is 1. The summed E-state index contributed by atoms with van der Waals surface area (Å²) in [6, 6.07) is 6.85. The van der Waals surface area contributed by atoms with Gasteiger partial charge in [0, 0.05) is 30.9 Å². The lowest BCUT2D eigenvalue weighted by molar-refractivity contribution is 0.424. The zero-order chi connectivity index (χ0) is 15.3. The van der Waals surface area contributed by atoms with Crippen molar-refractivity contribution in [1.29, 1.82) is 0 Å². The van der Waals surface area contributed by atoms with E-state index in [1.165, 1.54) is 16.8 Å². The number of nitrogens with one attached hydrogen (secondary N) is 1. The number of hydrogen-bond donors (Lipinski definition) is 1. The lowest BCUT2D eigenvalue weighted by atomic mass is 10.1. The quantitative estimate of drug-likeness (QED) is 0.830. The van der Waals surface area contributed by atoms with Gasteiger partial charge in [-0.3, -0.25) is 0 Å². The van der Waals surface area contributed by atoms with E-state index in [1.54, 1.807) is 0 Å². The molecule has 1 aromatic carbocycles. The van der Waals surface area contributed by atoms with Gasteiger partial charge >= 0.3 is 0 Å². The van der Waals surface area contributed by atoms with Crippen LogP contribution in [0.3, 0.4) is 0 Å². The van der Waals surface area contributed by atoms with Crippen molar-refractivity contribution in [2.75, 3.05) is 18.0 Å². The summed E-state index contributed by atoms with van der Waals surface area (Å²) in [6.07, 6.45) is 0. The SMILES string of the molecule is CCN(CC(C)C)c1ccc(CNC(C)(C)C)cc1C. The van der Waals surface area contributed by atoms with Gasteiger partial charge in [-0.05, 0) is 57.7 Å². The molecule has 114 valence electrons. The summed E-state index contributed by atoms with van der Waals surface area (Å²) in [5.74, 6) is 0.691. The standard InChI is InChI=1S/C18H32N2/c1-8-20(13-14(2)3)17-10-9-16(11-15(17)4)12-19-18(5,6)7/h9-11,14,19H,8,12-13H2,1-7H3. The van der Waals surface area contributed by atoms with Crippen molar-refractivity contribution >= 4 is 5.69 Å². The van der Waals surface area contributed by atoms with E-state index in [0.717, 1.165) is 19.6 Å². The van der Waals surface area contributed by atoms with Crippen molar-refractivity contribution in [3.8, 4) is 0 Å². The predicted molar refractivity (Wildman–Crippen MR) is 90.5 cm³/mol. The molecule has 0 heterocycles. The van der Waals surface area contributed by atoms with Crippen LogP contribution in [0.5, 0.6) is 0 Å². The van der Waals surface area contributed by atoms with Crippen LogP contribution in [-0.4, -0.2) is 18.6 Å². The number of hydrogen-bond acceptors (Lipinski definition) is 2. The second-order valence-corrected chi connectivity index (χ2v) is 7.16. The Hall–Kier alpha value is -1.02. The fourth-order valence-corrected chi connectivity index (χ4v) is 2.39. The molecule has 0 radical (unpaired) electrons. The Kier molecular flexibility index (Phi) is 6.07. The summed E-state index contributed by atoms with van der Waals surface area (Å²) in [6.45, 7) is 18.7. The molecule has 0 aliphatic heterocycles. The minimum atomic E-state index is 0.166. The lowest BCUT2D eigenvalue weighted by Gasteiger charge is -2.27. The summed E-state index contributed by atoms with van der Waals surface area (Å²) in [5.41, 5.74) is 4.28. The van der Waals surface area contributed by atoms with E-state index in [4.69, 9.17) is 0 Å². The van der Waals surface area contributed by atoms with E-state index in [-0.39, 0.29) is 5.54 Å². The zero-order valence-corrected chi connectivity index (χ0v) is 14.4. The maximum Gasteiger partial charge on any atom is 0.0396 e. The van der Waals surface area contributed by atoms with Gasteiger partial charge < -0.3 is 10.2 Å². The highest BCUT2D eigenvalue weighted by molar-refractivity contribution is 5.54. The van der Waals surface area contributed by atoms with Gasteiger partial charge in [0.15, 0.2) is 0 Å². The average molecular weight is 276 g/mol. The van der Waals surface area contributed by atoms with Crippen molar-refractivity contribution in [2.45, 2.75) is 60.5 Å². The number of nitrogens with zero attached hydrogens (tertiary/aromatic N) is 1. The molecule has 2 nitrogen and oxygen atoms in total. The first-order chi connectivity index (χ1) is 9.23. The van der Waals surface area contributed by atoms with Gasteiger partial charge in [0.1, 0.15) is 0 Å². The minimum Gasteiger partial charge on any atom is -0.371 e. The van der Waals surface area contributed by atoms with Crippen molar-refractivity contribution in [2.24, 2.45) is 5.92 Å². The molecule has 20 heavy (non-hydrogen) atoms.